The molecule has 0 spiro atoms. The van der Waals surface area contributed by atoms with Crippen LogP contribution in [0.3, 0.4) is 0 Å². The number of rotatable bonds is 6. The van der Waals surface area contributed by atoms with E-state index in [1.165, 1.54) is 5.56 Å². The summed E-state index contributed by atoms with van der Waals surface area (Å²) in [6, 6.07) is 16.5. The van der Waals surface area contributed by atoms with Gasteiger partial charge in [-0.2, -0.15) is 5.10 Å². The third-order valence-electron chi connectivity index (χ3n) is 4.22. The fourth-order valence-corrected chi connectivity index (χ4v) is 2.99. The molecular formula is C19H20N4O2. The first-order chi connectivity index (χ1) is 12.4. The number of nitrogens with one attached hydrogen (secondary N) is 1. The van der Waals surface area contributed by atoms with Crippen molar-refractivity contribution in [1.29, 1.82) is 0 Å². The van der Waals surface area contributed by atoms with Gasteiger partial charge in [0.1, 0.15) is 25.9 Å². The smallest absolute Gasteiger partial charge is 0.165 e. The lowest BCUT2D eigenvalue weighted by atomic mass is 10.1. The molecule has 128 valence electrons. The Balaban J connectivity index is 1.53. The first kappa shape index (κ1) is 15.7. The Labute approximate surface area is 146 Å². The summed E-state index contributed by atoms with van der Waals surface area (Å²) in [4.78, 5) is 4.03. The van der Waals surface area contributed by atoms with E-state index in [-0.39, 0.29) is 6.04 Å². The molecule has 0 radical (unpaired) electrons. The lowest BCUT2D eigenvalue weighted by Gasteiger charge is -2.23. The number of benzene rings is 2. The van der Waals surface area contributed by atoms with Gasteiger partial charge in [0, 0.05) is 12.1 Å². The van der Waals surface area contributed by atoms with Gasteiger partial charge in [-0.1, -0.05) is 42.5 Å². The molecule has 1 aliphatic heterocycles. The second-order valence-corrected chi connectivity index (χ2v) is 5.90. The molecule has 1 N–H and O–H groups in total. The SMILES string of the molecule is c1ccc([C@H](Cn2cncn2)NCc2cccc3c2OCCO3)cc1. The normalized spacial score (nSPS) is 14.2. The number of para-hydroxylation sites is 1. The fraction of sp³-hybridized carbons (Fsp3) is 0.263. The highest BCUT2D eigenvalue weighted by atomic mass is 16.6. The van der Waals surface area contributed by atoms with Crippen LogP contribution in [0.25, 0.3) is 0 Å². The summed E-state index contributed by atoms with van der Waals surface area (Å²) in [6.07, 6.45) is 3.29. The second kappa shape index (κ2) is 7.36. The van der Waals surface area contributed by atoms with Gasteiger partial charge in [0.15, 0.2) is 11.5 Å². The van der Waals surface area contributed by atoms with Crippen molar-refractivity contribution in [2.24, 2.45) is 0 Å². The molecule has 0 amide bonds. The molecule has 3 aromatic rings. The average Bonchev–Trinajstić information content (AvgIpc) is 3.19. The first-order valence-electron chi connectivity index (χ1n) is 8.38. The molecule has 0 fully saturated rings. The van der Waals surface area contributed by atoms with E-state index >= 15 is 0 Å². The van der Waals surface area contributed by atoms with Gasteiger partial charge < -0.3 is 14.8 Å². The van der Waals surface area contributed by atoms with E-state index in [4.69, 9.17) is 9.47 Å². The van der Waals surface area contributed by atoms with Crippen molar-refractivity contribution in [3.63, 3.8) is 0 Å². The molecule has 6 heteroatoms. The highest BCUT2D eigenvalue weighted by Crippen LogP contribution is 2.33. The summed E-state index contributed by atoms with van der Waals surface area (Å²) < 4.78 is 13.3. The Morgan fingerprint density at radius 2 is 1.92 bits per heavy atom. The minimum Gasteiger partial charge on any atom is -0.486 e. The van der Waals surface area contributed by atoms with Crippen LogP contribution in [0.15, 0.2) is 61.2 Å². The van der Waals surface area contributed by atoms with Crippen molar-refractivity contribution in [3.8, 4) is 11.5 Å². The largest absolute Gasteiger partial charge is 0.486 e. The van der Waals surface area contributed by atoms with Crippen LogP contribution >= 0.6 is 0 Å². The van der Waals surface area contributed by atoms with Crippen LogP contribution < -0.4 is 14.8 Å². The molecule has 0 saturated carbocycles. The Bertz CT molecular complexity index is 806. The summed E-state index contributed by atoms with van der Waals surface area (Å²) in [5, 5.41) is 7.84. The number of fused-ring (bicyclic) bond motifs is 1. The van der Waals surface area contributed by atoms with Crippen molar-refractivity contribution in [2.75, 3.05) is 13.2 Å². The number of nitrogens with zero attached hydrogens (tertiary/aromatic N) is 3. The molecule has 1 aromatic heterocycles. The summed E-state index contributed by atoms with van der Waals surface area (Å²) in [7, 11) is 0. The second-order valence-electron chi connectivity index (χ2n) is 5.90. The van der Waals surface area contributed by atoms with Crippen LogP contribution in [-0.4, -0.2) is 28.0 Å². The van der Waals surface area contributed by atoms with E-state index in [0.717, 1.165) is 17.1 Å². The molecule has 0 saturated heterocycles. The number of hydrogen-bond acceptors (Lipinski definition) is 5. The van der Waals surface area contributed by atoms with Crippen LogP contribution in [0.1, 0.15) is 17.2 Å². The van der Waals surface area contributed by atoms with Crippen LogP contribution in [-0.2, 0) is 13.1 Å². The van der Waals surface area contributed by atoms with E-state index < -0.39 is 0 Å². The third-order valence-corrected chi connectivity index (χ3v) is 4.22. The van der Waals surface area contributed by atoms with Crippen LogP contribution in [0, 0.1) is 0 Å². The van der Waals surface area contributed by atoms with E-state index in [2.05, 4.69) is 33.6 Å². The van der Waals surface area contributed by atoms with Gasteiger partial charge in [0.25, 0.3) is 0 Å². The Hall–Kier alpha value is -2.86. The third kappa shape index (κ3) is 3.64. The maximum Gasteiger partial charge on any atom is 0.165 e. The molecule has 4 rings (SSSR count). The Morgan fingerprint density at radius 1 is 1.04 bits per heavy atom. The zero-order valence-electron chi connectivity index (χ0n) is 13.8. The lowest BCUT2D eigenvalue weighted by molar-refractivity contribution is 0.169. The standard InChI is InChI=1S/C19H20N4O2/c1-2-5-15(6-3-1)17(12-23-14-20-13-22-23)21-11-16-7-4-8-18-19(16)25-10-9-24-18/h1-8,13-14,17,21H,9-12H2/t17-/m0/s1. The molecule has 2 heterocycles. The first-order valence-corrected chi connectivity index (χ1v) is 8.38. The van der Waals surface area contributed by atoms with Crippen molar-refractivity contribution in [1.82, 2.24) is 20.1 Å². The predicted molar refractivity (Wildman–Crippen MR) is 93.5 cm³/mol. The minimum atomic E-state index is 0.114. The summed E-state index contributed by atoms with van der Waals surface area (Å²) in [5.41, 5.74) is 2.30. The maximum absolute atomic E-state index is 5.81. The number of ether oxygens (including phenoxy) is 2. The lowest BCUT2D eigenvalue weighted by Crippen LogP contribution is -2.26. The minimum absolute atomic E-state index is 0.114. The fourth-order valence-electron chi connectivity index (χ4n) is 2.99. The molecule has 0 bridgehead atoms. The molecule has 1 aliphatic rings. The summed E-state index contributed by atoms with van der Waals surface area (Å²) >= 11 is 0. The highest BCUT2D eigenvalue weighted by molar-refractivity contribution is 5.47. The van der Waals surface area contributed by atoms with Crippen LogP contribution in [0.2, 0.25) is 0 Å². The van der Waals surface area contributed by atoms with Crippen LogP contribution in [0.4, 0.5) is 0 Å². The van der Waals surface area contributed by atoms with Crippen LogP contribution in [0.5, 0.6) is 11.5 Å². The van der Waals surface area contributed by atoms with E-state index in [1.54, 1.807) is 12.7 Å². The Kier molecular flexibility index (Phi) is 4.61. The monoisotopic (exact) mass is 336 g/mol. The molecular weight excluding hydrogens is 316 g/mol. The summed E-state index contributed by atoms with van der Waals surface area (Å²) in [5.74, 6) is 1.66. The highest BCUT2D eigenvalue weighted by Gasteiger charge is 2.17. The molecule has 0 unspecified atom stereocenters. The van der Waals surface area contributed by atoms with Crippen molar-refractivity contribution < 1.29 is 9.47 Å². The van der Waals surface area contributed by atoms with Gasteiger partial charge in [0.2, 0.25) is 0 Å². The molecule has 1 atom stereocenters. The molecule has 2 aromatic carbocycles. The van der Waals surface area contributed by atoms with E-state index in [1.807, 2.05) is 35.0 Å². The van der Waals surface area contributed by atoms with E-state index in [0.29, 0.717) is 26.3 Å². The van der Waals surface area contributed by atoms with Gasteiger partial charge in [0.05, 0.1) is 12.6 Å². The molecule has 6 nitrogen and oxygen atoms in total. The molecule has 25 heavy (non-hydrogen) atoms. The van der Waals surface area contributed by atoms with Crippen molar-refractivity contribution >= 4 is 0 Å². The average molecular weight is 336 g/mol. The van der Waals surface area contributed by atoms with Gasteiger partial charge in [-0.05, 0) is 11.6 Å². The van der Waals surface area contributed by atoms with Gasteiger partial charge >= 0.3 is 0 Å². The Morgan fingerprint density at radius 3 is 2.76 bits per heavy atom. The quantitative estimate of drug-likeness (QED) is 0.750. The van der Waals surface area contributed by atoms with Gasteiger partial charge in [-0.25, -0.2) is 4.98 Å². The zero-order valence-corrected chi connectivity index (χ0v) is 13.8. The topological polar surface area (TPSA) is 61.2 Å². The van der Waals surface area contributed by atoms with Gasteiger partial charge in [-0.3, -0.25) is 4.68 Å². The molecule has 0 aliphatic carbocycles. The number of hydrogen-bond donors (Lipinski definition) is 1. The van der Waals surface area contributed by atoms with E-state index in [9.17, 15) is 0 Å². The maximum atomic E-state index is 5.81. The zero-order chi connectivity index (χ0) is 16.9. The van der Waals surface area contributed by atoms with Gasteiger partial charge in [-0.15, -0.1) is 0 Å². The number of aromatic nitrogens is 3. The van der Waals surface area contributed by atoms with Crippen molar-refractivity contribution in [3.05, 3.63) is 72.3 Å². The predicted octanol–water partition coefficient (Wildman–Crippen LogP) is 2.58. The summed E-state index contributed by atoms with van der Waals surface area (Å²) in [6.45, 7) is 2.57. The van der Waals surface area contributed by atoms with Crippen molar-refractivity contribution in [2.45, 2.75) is 19.1 Å².